The minimum absolute atomic E-state index is 0.374. The first-order valence-corrected chi connectivity index (χ1v) is 4.40. The van der Waals surface area contributed by atoms with Crippen molar-refractivity contribution in [1.82, 2.24) is 5.43 Å². The van der Waals surface area contributed by atoms with Crippen molar-refractivity contribution in [2.75, 3.05) is 0 Å². The summed E-state index contributed by atoms with van der Waals surface area (Å²) in [5.74, 6) is 4.05. The molecule has 14 heavy (non-hydrogen) atoms. The Hall–Kier alpha value is -1.39. The van der Waals surface area contributed by atoms with E-state index in [0.29, 0.717) is 5.56 Å². The molecule has 0 fully saturated rings. The van der Waals surface area contributed by atoms with Crippen LogP contribution in [0.15, 0.2) is 30.3 Å². The summed E-state index contributed by atoms with van der Waals surface area (Å²) in [7, 11) is 0. The molecule has 1 aromatic rings. The standard InChI is InChI=1S/C10H14N2O2/c1-7(10(14)12-11)9(13)8-5-3-2-4-6-8/h2-7,9,13H,11H2,1H3,(H,12,14)/t7-,9+/m0/s1. The Bertz CT molecular complexity index is 300. The van der Waals surface area contributed by atoms with Crippen molar-refractivity contribution in [3.05, 3.63) is 35.9 Å². The Morgan fingerprint density at radius 1 is 1.43 bits per heavy atom. The maximum Gasteiger partial charge on any atom is 0.239 e. The summed E-state index contributed by atoms with van der Waals surface area (Å²) >= 11 is 0. The highest BCUT2D eigenvalue weighted by atomic mass is 16.3. The number of benzene rings is 1. The lowest BCUT2D eigenvalue weighted by Gasteiger charge is -2.17. The molecule has 1 rings (SSSR count). The van der Waals surface area contributed by atoms with Gasteiger partial charge in [-0.05, 0) is 5.56 Å². The highest BCUT2D eigenvalue weighted by molar-refractivity contribution is 5.78. The number of hydrazine groups is 1. The number of amides is 1. The Labute approximate surface area is 82.7 Å². The van der Waals surface area contributed by atoms with Crippen molar-refractivity contribution in [3.8, 4) is 0 Å². The molecule has 0 radical (unpaired) electrons. The average Bonchev–Trinajstić information content (AvgIpc) is 2.27. The van der Waals surface area contributed by atoms with Crippen LogP contribution in [0.1, 0.15) is 18.6 Å². The van der Waals surface area contributed by atoms with Crippen molar-refractivity contribution in [2.24, 2.45) is 11.8 Å². The van der Waals surface area contributed by atoms with Gasteiger partial charge in [-0.25, -0.2) is 5.84 Å². The van der Waals surface area contributed by atoms with E-state index in [2.05, 4.69) is 0 Å². The molecule has 4 N–H and O–H groups in total. The SMILES string of the molecule is C[C@H](C(=O)NN)[C@@H](O)c1ccccc1. The number of rotatable bonds is 3. The van der Waals surface area contributed by atoms with Crippen LogP contribution >= 0.6 is 0 Å². The van der Waals surface area contributed by atoms with E-state index in [1.165, 1.54) is 0 Å². The van der Waals surface area contributed by atoms with Crippen molar-refractivity contribution in [1.29, 1.82) is 0 Å². The topological polar surface area (TPSA) is 75.4 Å². The van der Waals surface area contributed by atoms with E-state index in [1.54, 1.807) is 19.1 Å². The molecule has 2 atom stereocenters. The molecular formula is C10H14N2O2. The van der Waals surface area contributed by atoms with Gasteiger partial charge in [0.05, 0.1) is 12.0 Å². The third-order valence-electron chi connectivity index (χ3n) is 2.17. The third kappa shape index (κ3) is 2.31. The van der Waals surface area contributed by atoms with Gasteiger partial charge in [0.1, 0.15) is 0 Å². The van der Waals surface area contributed by atoms with E-state index >= 15 is 0 Å². The fourth-order valence-corrected chi connectivity index (χ4v) is 1.21. The van der Waals surface area contributed by atoms with E-state index < -0.39 is 12.0 Å². The lowest BCUT2D eigenvalue weighted by Crippen LogP contribution is -2.37. The number of nitrogens with two attached hydrogens (primary N) is 1. The summed E-state index contributed by atoms with van der Waals surface area (Å²) in [6.45, 7) is 1.62. The molecule has 4 nitrogen and oxygen atoms in total. The zero-order valence-corrected chi connectivity index (χ0v) is 7.97. The number of hydrogen-bond acceptors (Lipinski definition) is 3. The molecule has 1 amide bonds. The van der Waals surface area contributed by atoms with Crippen LogP contribution in [-0.4, -0.2) is 11.0 Å². The normalized spacial score (nSPS) is 14.5. The van der Waals surface area contributed by atoms with Gasteiger partial charge in [0.25, 0.3) is 0 Å². The Kier molecular flexibility index (Phi) is 3.62. The Morgan fingerprint density at radius 2 is 2.00 bits per heavy atom. The number of carbonyl (C=O) groups excluding carboxylic acids is 1. The van der Waals surface area contributed by atoms with Crippen LogP contribution in [0.3, 0.4) is 0 Å². The Balaban J connectivity index is 2.75. The quantitative estimate of drug-likeness (QED) is 0.369. The molecule has 0 unspecified atom stereocenters. The molecule has 4 heteroatoms. The molecular weight excluding hydrogens is 180 g/mol. The molecule has 0 heterocycles. The van der Waals surface area contributed by atoms with E-state index in [-0.39, 0.29) is 5.91 Å². The largest absolute Gasteiger partial charge is 0.388 e. The predicted octanol–water partition coefficient (Wildman–Crippen LogP) is 0.346. The average molecular weight is 194 g/mol. The highest BCUT2D eigenvalue weighted by Gasteiger charge is 2.22. The van der Waals surface area contributed by atoms with E-state index in [9.17, 15) is 9.90 Å². The van der Waals surface area contributed by atoms with Crippen LogP contribution in [0, 0.1) is 5.92 Å². The van der Waals surface area contributed by atoms with Gasteiger partial charge in [0.15, 0.2) is 0 Å². The number of carbonyl (C=O) groups is 1. The number of aliphatic hydroxyl groups is 1. The molecule has 0 spiro atoms. The van der Waals surface area contributed by atoms with Crippen molar-refractivity contribution in [3.63, 3.8) is 0 Å². The molecule has 76 valence electrons. The molecule has 0 saturated carbocycles. The molecule has 0 saturated heterocycles. The maximum absolute atomic E-state index is 11.1. The van der Waals surface area contributed by atoms with Gasteiger partial charge < -0.3 is 5.11 Å². The van der Waals surface area contributed by atoms with E-state index in [0.717, 1.165) is 0 Å². The minimum atomic E-state index is -0.820. The first-order chi connectivity index (χ1) is 6.66. The van der Waals surface area contributed by atoms with Gasteiger partial charge in [-0.2, -0.15) is 0 Å². The van der Waals surface area contributed by atoms with Crippen LogP contribution in [0.4, 0.5) is 0 Å². The highest BCUT2D eigenvalue weighted by Crippen LogP contribution is 2.20. The zero-order valence-electron chi connectivity index (χ0n) is 7.97. The van der Waals surface area contributed by atoms with Crippen LogP contribution in [0.2, 0.25) is 0 Å². The van der Waals surface area contributed by atoms with Gasteiger partial charge in [-0.3, -0.25) is 10.2 Å². The second kappa shape index (κ2) is 4.74. The molecule has 0 aliphatic rings. The lowest BCUT2D eigenvalue weighted by molar-refractivity contribution is -0.128. The van der Waals surface area contributed by atoms with Gasteiger partial charge >= 0.3 is 0 Å². The fourth-order valence-electron chi connectivity index (χ4n) is 1.21. The van der Waals surface area contributed by atoms with Gasteiger partial charge in [-0.15, -0.1) is 0 Å². The second-order valence-corrected chi connectivity index (χ2v) is 3.15. The van der Waals surface area contributed by atoms with Crippen LogP contribution in [-0.2, 0) is 4.79 Å². The second-order valence-electron chi connectivity index (χ2n) is 3.15. The monoisotopic (exact) mass is 194 g/mol. The molecule has 0 bridgehead atoms. The summed E-state index contributed by atoms with van der Waals surface area (Å²) in [6, 6.07) is 9.01. The maximum atomic E-state index is 11.1. The van der Waals surface area contributed by atoms with Crippen molar-refractivity contribution >= 4 is 5.91 Å². The lowest BCUT2D eigenvalue weighted by atomic mass is 9.97. The first kappa shape index (κ1) is 10.7. The number of aliphatic hydroxyl groups excluding tert-OH is 1. The van der Waals surface area contributed by atoms with Crippen molar-refractivity contribution < 1.29 is 9.90 Å². The summed E-state index contributed by atoms with van der Waals surface area (Å²) in [4.78, 5) is 11.1. The van der Waals surface area contributed by atoms with Crippen LogP contribution in [0.25, 0.3) is 0 Å². The Morgan fingerprint density at radius 3 is 2.50 bits per heavy atom. The van der Waals surface area contributed by atoms with Gasteiger partial charge in [0.2, 0.25) is 5.91 Å². The number of nitrogens with one attached hydrogen (secondary N) is 1. The van der Waals surface area contributed by atoms with Crippen LogP contribution in [0.5, 0.6) is 0 Å². The number of hydrogen-bond donors (Lipinski definition) is 3. The van der Waals surface area contributed by atoms with E-state index in [4.69, 9.17) is 5.84 Å². The van der Waals surface area contributed by atoms with Gasteiger partial charge in [-0.1, -0.05) is 37.3 Å². The third-order valence-corrected chi connectivity index (χ3v) is 2.17. The fraction of sp³-hybridized carbons (Fsp3) is 0.300. The zero-order chi connectivity index (χ0) is 10.6. The summed E-state index contributed by atoms with van der Waals surface area (Å²) < 4.78 is 0. The molecule has 1 aromatic carbocycles. The van der Waals surface area contributed by atoms with Gasteiger partial charge in [0, 0.05) is 0 Å². The summed E-state index contributed by atoms with van der Waals surface area (Å²) in [6.07, 6.45) is -0.820. The molecule has 0 aromatic heterocycles. The van der Waals surface area contributed by atoms with E-state index in [1.807, 2.05) is 23.6 Å². The van der Waals surface area contributed by atoms with Crippen molar-refractivity contribution in [2.45, 2.75) is 13.0 Å². The summed E-state index contributed by atoms with van der Waals surface area (Å²) in [5.41, 5.74) is 2.73. The summed E-state index contributed by atoms with van der Waals surface area (Å²) in [5, 5.41) is 9.77. The van der Waals surface area contributed by atoms with Crippen LogP contribution < -0.4 is 11.3 Å². The molecule has 0 aliphatic heterocycles. The minimum Gasteiger partial charge on any atom is -0.388 e. The predicted molar refractivity (Wildman–Crippen MR) is 52.9 cm³/mol. The first-order valence-electron chi connectivity index (χ1n) is 4.40. The smallest absolute Gasteiger partial charge is 0.239 e. The molecule has 0 aliphatic carbocycles.